The summed E-state index contributed by atoms with van der Waals surface area (Å²) in [6, 6.07) is 9.79. The standard InChI is InChI=1S/C17H26N2/c1-14-5-4-6-17(14)18-16-9-7-15(8-10-16)13-19-11-2-3-12-19/h7-10,14,17-18H,2-6,11-13H2,1H3. The highest BCUT2D eigenvalue weighted by Crippen LogP contribution is 2.28. The van der Waals surface area contributed by atoms with Crippen LogP contribution in [0.5, 0.6) is 0 Å². The predicted octanol–water partition coefficient (Wildman–Crippen LogP) is 3.88. The molecule has 1 aliphatic heterocycles. The van der Waals surface area contributed by atoms with Crippen molar-refractivity contribution < 1.29 is 0 Å². The first-order valence-corrected chi connectivity index (χ1v) is 7.89. The first kappa shape index (κ1) is 13.0. The zero-order valence-electron chi connectivity index (χ0n) is 12.1. The van der Waals surface area contributed by atoms with Gasteiger partial charge in [0.05, 0.1) is 0 Å². The predicted molar refractivity (Wildman–Crippen MR) is 81.4 cm³/mol. The quantitative estimate of drug-likeness (QED) is 0.881. The summed E-state index contributed by atoms with van der Waals surface area (Å²) in [5.41, 5.74) is 2.75. The number of hydrogen-bond donors (Lipinski definition) is 1. The van der Waals surface area contributed by atoms with Crippen LogP contribution in [-0.2, 0) is 6.54 Å². The maximum Gasteiger partial charge on any atom is 0.0342 e. The van der Waals surface area contributed by atoms with Gasteiger partial charge in [0, 0.05) is 18.3 Å². The first-order valence-electron chi connectivity index (χ1n) is 7.89. The molecule has 1 heterocycles. The average Bonchev–Trinajstić information content (AvgIpc) is 3.05. The van der Waals surface area contributed by atoms with Crippen LogP contribution in [0.2, 0.25) is 0 Å². The third-order valence-electron chi connectivity index (χ3n) is 4.77. The van der Waals surface area contributed by atoms with Crippen molar-refractivity contribution in [2.24, 2.45) is 5.92 Å². The molecule has 2 nitrogen and oxygen atoms in total. The van der Waals surface area contributed by atoms with Crippen molar-refractivity contribution in [2.45, 2.75) is 51.6 Å². The van der Waals surface area contributed by atoms with Crippen molar-refractivity contribution in [1.29, 1.82) is 0 Å². The van der Waals surface area contributed by atoms with Gasteiger partial charge in [-0.2, -0.15) is 0 Å². The Morgan fingerprint density at radius 1 is 1.05 bits per heavy atom. The summed E-state index contributed by atoms with van der Waals surface area (Å²) < 4.78 is 0. The average molecular weight is 258 g/mol. The summed E-state index contributed by atoms with van der Waals surface area (Å²) in [6.45, 7) is 6.05. The molecule has 2 unspecified atom stereocenters. The molecule has 2 heteroatoms. The normalized spacial score (nSPS) is 27.8. The lowest BCUT2D eigenvalue weighted by molar-refractivity contribution is 0.331. The van der Waals surface area contributed by atoms with E-state index in [4.69, 9.17) is 0 Å². The molecule has 2 aliphatic rings. The minimum absolute atomic E-state index is 0.685. The highest BCUT2D eigenvalue weighted by atomic mass is 15.1. The Kier molecular flexibility index (Phi) is 4.07. The molecule has 19 heavy (non-hydrogen) atoms. The minimum Gasteiger partial charge on any atom is -0.382 e. The molecule has 0 bridgehead atoms. The van der Waals surface area contributed by atoms with Crippen molar-refractivity contribution >= 4 is 5.69 Å². The van der Waals surface area contributed by atoms with E-state index in [1.807, 2.05) is 0 Å². The maximum absolute atomic E-state index is 3.70. The van der Waals surface area contributed by atoms with E-state index in [0.29, 0.717) is 6.04 Å². The number of hydrogen-bond acceptors (Lipinski definition) is 2. The lowest BCUT2D eigenvalue weighted by atomic mass is 10.1. The second-order valence-corrected chi connectivity index (χ2v) is 6.34. The summed E-state index contributed by atoms with van der Waals surface area (Å²) >= 11 is 0. The molecule has 2 atom stereocenters. The Hall–Kier alpha value is -1.02. The fourth-order valence-electron chi connectivity index (χ4n) is 3.48. The van der Waals surface area contributed by atoms with Crippen LogP contribution in [0.3, 0.4) is 0 Å². The SMILES string of the molecule is CC1CCCC1Nc1ccc(CN2CCCC2)cc1. The van der Waals surface area contributed by atoms with Crippen molar-refractivity contribution in [3.8, 4) is 0 Å². The van der Waals surface area contributed by atoms with Gasteiger partial charge < -0.3 is 5.32 Å². The van der Waals surface area contributed by atoms with E-state index in [1.54, 1.807) is 0 Å². The van der Waals surface area contributed by atoms with Crippen LogP contribution in [0.15, 0.2) is 24.3 Å². The van der Waals surface area contributed by atoms with Crippen LogP contribution in [0.1, 0.15) is 44.6 Å². The Balaban J connectivity index is 1.55. The zero-order valence-corrected chi connectivity index (χ0v) is 12.1. The van der Waals surface area contributed by atoms with Gasteiger partial charge in [-0.15, -0.1) is 0 Å². The summed E-state index contributed by atoms with van der Waals surface area (Å²) in [4.78, 5) is 2.56. The Bertz CT molecular complexity index is 392. The van der Waals surface area contributed by atoms with Gasteiger partial charge in [-0.1, -0.05) is 25.5 Å². The van der Waals surface area contributed by atoms with Gasteiger partial charge in [0.25, 0.3) is 0 Å². The molecular formula is C17H26N2. The van der Waals surface area contributed by atoms with E-state index < -0.39 is 0 Å². The molecule has 1 saturated heterocycles. The summed E-state index contributed by atoms with van der Waals surface area (Å²) in [6.07, 6.45) is 6.84. The number of anilines is 1. The Morgan fingerprint density at radius 3 is 2.42 bits per heavy atom. The summed E-state index contributed by atoms with van der Waals surface area (Å²) in [7, 11) is 0. The topological polar surface area (TPSA) is 15.3 Å². The van der Waals surface area contributed by atoms with Crippen molar-refractivity contribution in [2.75, 3.05) is 18.4 Å². The number of likely N-dealkylation sites (tertiary alicyclic amines) is 1. The third kappa shape index (κ3) is 3.30. The molecule has 0 spiro atoms. The molecule has 0 radical (unpaired) electrons. The minimum atomic E-state index is 0.685. The second kappa shape index (κ2) is 5.96. The monoisotopic (exact) mass is 258 g/mol. The molecule has 2 fully saturated rings. The molecule has 0 amide bonds. The molecule has 3 rings (SSSR count). The van der Waals surface area contributed by atoms with Gasteiger partial charge >= 0.3 is 0 Å². The van der Waals surface area contributed by atoms with Gasteiger partial charge in [-0.05, 0) is 62.4 Å². The second-order valence-electron chi connectivity index (χ2n) is 6.34. The van der Waals surface area contributed by atoms with Gasteiger partial charge in [0.15, 0.2) is 0 Å². The van der Waals surface area contributed by atoms with Crippen LogP contribution >= 0.6 is 0 Å². The van der Waals surface area contributed by atoms with E-state index in [-0.39, 0.29) is 0 Å². The highest BCUT2D eigenvalue weighted by molar-refractivity contribution is 5.45. The molecule has 1 aromatic rings. The molecule has 1 N–H and O–H groups in total. The van der Waals surface area contributed by atoms with E-state index in [0.717, 1.165) is 12.5 Å². The number of nitrogens with one attached hydrogen (secondary N) is 1. The van der Waals surface area contributed by atoms with Crippen LogP contribution in [0.25, 0.3) is 0 Å². The number of rotatable bonds is 4. The van der Waals surface area contributed by atoms with E-state index in [9.17, 15) is 0 Å². The molecular weight excluding hydrogens is 232 g/mol. The zero-order chi connectivity index (χ0) is 13.1. The van der Waals surface area contributed by atoms with E-state index in [2.05, 4.69) is 41.4 Å². The molecule has 1 aromatic carbocycles. The smallest absolute Gasteiger partial charge is 0.0342 e. The van der Waals surface area contributed by atoms with Gasteiger partial charge in [0.2, 0.25) is 0 Å². The van der Waals surface area contributed by atoms with Crippen molar-refractivity contribution in [3.63, 3.8) is 0 Å². The van der Waals surface area contributed by atoms with Gasteiger partial charge in [0.1, 0.15) is 0 Å². The van der Waals surface area contributed by atoms with Gasteiger partial charge in [-0.25, -0.2) is 0 Å². The Morgan fingerprint density at radius 2 is 1.79 bits per heavy atom. The van der Waals surface area contributed by atoms with E-state index >= 15 is 0 Å². The van der Waals surface area contributed by atoms with Crippen molar-refractivity contribution in [3.05, 3.63) is 29.8 Å². The van der Waals surface area contributed by atoms with Crippen LogP contribution in [0, 0.1) is 5.92 Å². The summed E-state index contributed by atoms with van der Waals surface area (Å²) in [5, 5.41) is 3.70. The fourth-order valence-corrected chi connectivity index (χ4v) is 3.48. The molecule has 104 valence electrons. The first-order chi connectivity index (χ1) is 9.31. The molecule has 1 saturated carbocycles. The maximum atomic E-state index is 3.70. The van der Waals surface area contributed by atoms with Crippen LogP contribution in [0.4, 0.5) is 5.69 Å². The largest absolute Gasteiger partial charge is 0.382 e. The molecule has 1 aliphatic carbocycles. The van der Waals surface area contributed by atoms with Crippen molar-refractivity contribution in [1.82, 2.24) is 4.90 Å². The van der Waals surface area contributed by atoms with Crippen LogP contribution < -0.4 is 5.32 Å². The number of nitrogens with zero attached hydrogens (tertiary/aromatic N) is 1. The third-order valence-corrected chi connectivity index (χ3v) is 4.77. The lowest BCUT2D eigenvalue weighted by Crippen LogP contribution is -2.21. The Labute approximate surface area is 117 Å². The van der Waals surface area contributed by atoms with Gasteiger partial charge in [-0.3, -0.25) is 4.90 Å². The van der Waals surface area contributed by atoms with E-state index in [1.165, 1.54) is 56.4 Å². The highest BCUT2D eigenvalue weighted by Gasteiger charge is 2.22. The fraction of sp³-hybridized carbons (Fsp3) is 0.647. The lowest BCUT2D eigenvalue weighted by Gasteiger charge is -2.19. The number of benzene rings is 1. The molecule has 0 aromatic heterocycles. The van der Waals surface area contributed by atoms with Crippen LogP contribution in [-0.4, -0.2) is 24.0 Å². The summed E-state index contributed by atoms with van der Waals surface area (Å²) in [5.74, 6) is 0.823.